The number of anilines is 1. The Hall–Kier alpha value is -2.01. The third-order valence-corrected chi connectivity index (χ3v) is 4.01. The summed E-state index contributed by atoms with van der Waals surface area (Å²) < 4.78 is 6.03. The molecule has 4 nitrogen and oxygen atoms in total. The molecule has 110 valence electrons. The van der Waals surface area contributed by atoms with Crippen molar-refractivity contribution in [2.24, 2.45) is 0 Å². The molecule has 2 aromatic rings. The van der Waals surface area contributed by atoms with E-state index in [2.05, 4.69) is 21.2 Å². The number of carbonyl (C=O) groups is 1. The Balaban J connectivity index is 2.30. The Labute approximate surface area is 131 Å². The van der Waals surface area contributed by atoms with Crippen LogP contribution in [0.4, 0.5) is 5.69 Å². The van der Waals surface area contributed by atoms with Gasteiger partial charge in [-0.15, -0.1) is 0 Å². The molecular weight excluding hydrogens is 334 g/mol. The van der Waals surface area contributed by atoms with Crippen LogP contribution in [0.5, 0.6) is 5.75 Å². The van der Waals surface area contributed by atoms with Gasteiger partial charge in [-0.2, -0.15) is 0 Å². The predicted octanol–water partition coefficient (Wildman–Crippen LogP) is 4.00. The first-order valence-electron chi connectivity index (χ1n) is 6.40. The van der Waals surface area contributed by atoms with E-state index in [1.165, 1.54) is 0 Å². The Kier molecular flexibility index (Phi) is 4.85. The Morgan fingerprint density at radius 1 is 1.29 bits per heavy atom. The van der Waals surface area contributed by atoms with Gasteiger partial charge in [0.25, 0.3) is 0 Å². The number of carboxylic acids is 1. The zero-order valence-electron chi connectivity index (χ0n) is 11.8. The number of rotatable bonds is 5. The molecule has 0 spiro atoms. The van der Waals surface area contributed by atoms with Gasteiger partial charge < -0.3 is 15.2 Å². The summed E-state index contributed by atoms with van der Waals surface area (Å²) in [7, 11) is 1.57. The number of aryl methyl sites for hydroxylation is 1. The molecule has 2 rings (SSSR count). The molecule has 0 aliphatic heterocycles. The summed E-state index contributed by atoms with van der Waals surface area (Å²) in [5.74, 6) is -0.261. The molecule has 0 aliphatic carbocycles. The van der Waals surface area contributed by atoms with E-state index in [0.717, 1.165) is 10.0 Å². The first kappa shape index (κ1) is 15.4. The summed E-state index contributed by atoms with van der Waals surface area (Å²) in [4.78, 5) is 11.5. The van der Waals surface area contributed by atoms with Gasteiger partial charge in [0, 0.05) is 16.2 Å². The molecule has 0 aliphatic rings. The van der Waals surface area contributed by atoms with E-state index in [1.807, 2.05) is 43.3 Å². The SMILES string of the molecule is COc1cccc(NC(C(=O)O)c2ccc(C)c(Br)c2)c1. The van der Waals surface area contributed by atoms with Crippen LogP contribution in [0.3, 0.4) is 0 Å². The molecule has 2 aromatic carbocycles. The summed E-state index contributed by atoms with van der Waals surface area (Å²) in [6, 6.07) is 11.9. The van der Waals surface area contributed by atoms with Gasteiger partial charge >= 0.3 is 5.97 Å². The van der Waals surface area contributed by atoms with E-state index in [0.29, 0.717) is 17.0 Å². The molecule has 0 bridgehead atoms. The van der Waals surface area contributed by atoms with Crippen molar-refractivity contribution in [2.45, 2.75) is 13.0 Å². The van der Waals surface area contributed by atoms with Crippen LogP contribution in [0.2, 0.25) is 0 Å². The number of benzene rings is 2. The van der Waals surface area contributed by atoms with Crippen LogP contribution in [0.15, 0.2) is 46.9 Å². The number of methoxy groups -OCH3 is 1. The van der Waals surface area contributed by atoms with Gasteiger partial charge in [0.15, 0.2) is 6.04 Å². The minimum atomic E-state index is -0.937. The topological polar surface area (TPSA) is 58.6 Å². The molecule has 5 heteroatoms. The second kappa shape index (κ2) is 6.63. The minimum Gasteiger partial charge on any atom is -0.497 e. The molecule has 1 unspecified atom stereocenters. The van der Waals surface area contributed by atoms with Crippen molar-refractivity contribution in [1.29, 1.82) is 0 Å². The second-order valence-electron chi connectivity index (χ2n) is 4.66. The fraction of sp³-hybridized carbons (Fsp3) is 0.188. The van der Waals surface area contributed by atoms with Crippen LogP contribution in [-0.4, -0.2) is 18.2 Å². The highest BCUT2D eigenvalue weighted by atomic mass is 79.9. The predicted molar refractivity (Wildman–Crippen MR) is 85.9 cm³/mol. The zero-order valence-corrected chi connectivity index (χ0v) is 13.3. The second-order valence-corrected chi connectivity index (χ2v) is 5.51. The standard InChI is InChI=1S/C16H16BrNO3/c1-10-6-7-11(8-14(10)17)15(16(19)20)18-12-4-3-5-13(9-12)21-2/h3-9,15,18H,1-2H3,(H,19,20). The largest absolute Gasteiger partial charge is 0.497 e. The van der Waals surface area contributed by atoms with Crippen molar-refractivity contribution in [2.75, 3.05) is 12.4 Å². The summed E-state index contributed by atoms with van der Waals surface area (Å²) in [6.07, 6.45) is 0. The van der Waals surface area contributed by atoms with E-state index >= 15 is 0 Å². The molecule has 0 saturated carbocycles. The fourth-order valence-corrected chi connectivity index (χ4v) is 2.35. The Bertz CT molecular complexity index is 658. The lowest BCUT2D eigenvalue weighted by Gasteiger charge is -2.17. The molecular formula is C16H16BrNO3. The number of halogens is 1. The van der Waals surface area contributed by atoms with E-state index in [4.69, 9.17) is 4.74 Å². The maximum absolute atomic E-state index is 11.5. The monoisotopic (exact) mass is 349 g/mol. The number of ether oxygens (including phenoxy) is 1. The number of hydrogen-bond acceptors (Lipinski definition) is 3. The van der Waals surface area contributed by atoms with Gasteiger partial charge in [-0.1, -0.05) is 34.1 Å². The molecule has 0 fully saturated rings. The van der Waals surface area contributed by atoms with Crippen molar-refractivity contribution in [1.82, 2.24) is 0 Å². The Morgan fingerprint density at radius 2 is 2.05 bits per heavy atom. The molecule has 0 saturated heterocycles. The number of nitrogens with one attached hydrogen (secondary N) is 1. The van der Waals surface area contributed by atoms with E-state index in [1.54, 1.807) is 13.2 Å². The molecule has 0 amide bonds. The summed E-state index contributed by atoms with van der Waals surface area (Å²) in [6.45, 7) is 1.96. The average molecular weight is 350 g/mol. The lowest BCUT2D eigenvalue weighted by Crippen LogP contribution is -2.20. The smallest absolute Gasteiger partial charge is 0.330 e. The van der Waals surface area contributed by atoms with Crippen molar-refractivity contribution in [3.8, 4) is 5.75 Å². The van der Waals surface area contributed by atoms with Crippen LogP contribution in [0, 0.1) is 6.92 Å². The van der Waals surface area contributed by atoms with E-state index in [9.17, 15) is 9.90 Å². The Morgan fingerprint density at radius 3 is 2.67 bits per heavy atom. The van der Waals surface area contributed by atoms with E-state index in [-0.39, 0.29) is 0 Å². The number of hydrogen-bond donors (Lipinski definition) is 2. The van der Waals surface area contributed by atoms with Gasteiger partial charge in [0.05, 0.1) is 7.11 Å². The van der Waals surface area contributed by atoms with E-state index < -0.39 is 12.0 Å². The maximum Gasteiger partial charge on any atom is 0.330 e. The molecule has 2 N–H and O–H groups in total. The zero-order chi connectivity index (χ0) is 15.4. The maximum atomic E-state index is 11.5. The van der Waals surface area contributed by atoms with Crippen molar-refractivity contribution in [3.63, 3.8) is 0 Å². The van der Waals surface area contributed by atoms with Crippen LogP contribution in [0.25, 0.3) is 0 Å². The minimum absolute atomic E-state index is 0.675. The van der Waals surface area contributed by atoms with Crippen LogP contribution in [-0.2, 0) is 4.79 Å². The third-order valence-electron chi connectivity index (χ3n) is 3.16. The van der Waals surface area contributed by atoms with Gasteiger partial charge in [0.2, 0.25) is 0 Å². The van der Waals surface area contributed by atoms with Crippen molar-refractivity contribution in [3.05, 3.63) is 58.1 Å². The summed E-state index contributed by atoms with van der Waals surface area (Å²) >= 11 is 3.43. The quantitative estimate of drug-likeness (QED) is 0.856. The molecule has 0 heterocycles. The van der Waals surface area contributed by atoms with Gasteiger partial charge in [-0.25, -0.2) is 4.79 Å². The molecule has 0 aromatic heterocycles. The molecule has 0 radical (unpaired) electrons. The fourth-order valence-electron chi connectivity index (χ4n) is 1.96. The third kappa shape index (κ3) is 3.76. The summed E-state index contributed by atoms with van der Waals surface area (Å²) in [5.41, 5.74) is 2.44. The summed E-state index contributed by atoms with van der Waals surface area (Å²) in [5, 5.41) is 12.5. The normalized spacial score (nSPS) is 11.8. The molecule has 1 atom stereocenters. The van der Waals surface area contributed by atoms with Gasteiger partial charge in [-0.05, 0) is 36.2 Å². The van der Waals surface area contributed by atoms with Gasteiger partial charge in [-0.3, -0.25) is 0 Å². The van der Waals surface area contributed by atoms with Gasteiger partial charge in [0.1, 0.15) is 5.75 Å². The lowest BCUT2D eigenvalue weighted by molar-refractivity contribution is -0.138. The first-order valence-corrected chi connectivity index (χ1v) is 7.20. The van der Waals surface area contributed by atoms with Crippen molar-refractivity contribution < 1.29 is 14.6 Å². The lowest BCUT2D eigenvalue weighted by atomic mass is 10.0. The van der Waals surface area contributed by atoms with Crippen molar-refractivity contribution >= 4 is 27.6 Å². The van der Waals surface area contributed by atoms with Crippen LogP contribution < -0.4 is 10.1 Å². The highest BCUT2D eigenvalue weighted by Crippen LogP contribution is 2.26. The average Bonchev–Trinajstić information content (AvgIpc) is 2.47. The van der Waals surface area contributed by atoms with Crippen LogP contribution >= 0.6 is 15.9 Å². The highest BCUT2D eigenvalue weighted by Gasteiger charge is 2.20. The number of aliphatic carboxylic acids is 1. The highest BCUT2D eigenvalue weighted by molar-refractivity contribution is 9.10. The molecule has 21 heavy (non-hydrogen) atoms. The number of carboxylic acid groups (broad SMARTS) is 1. The van der Waals surface area contributed by atoms with Crippen LogP contribution in [0.1, 0.15) is 17.2 Å². The first-order chi connectivity index (χ1) is 10.0.